The third-order valence-electron chi connectivity index (χ3n) is 3.93. The fourth-order valence-electron chi connectivity index (χ4n) is 2.60. The number of ether oxygens (including phenoxy) is 2. The highest BCUT2D eigenvalue weighted by Crippen LogP contribution is 2.37. The van der Waals surface area contributed by atoms with Gasteiger partial charge in [-0.05, 0) is 35.0 Å². The van der Waals surface area contributed by atoms with Crippen LogP contribution < -0.4 is 10.1 Å². The highest BCUT2D eigenvalue weighted by molar-refractivity contribution is 7.80. The zero-order valence-electron chi connectivity index (χ0n) is 15.3. The maximum atomic E-state index is 13.6. The number of fused-ring (bicyclic) bond motifs is 1. The number of nitrogens with zero attached hydrogens (tertiary/aromatic N) is 1. The summed E-state index contributed by atoms with van der Waals surface area (Å²) >= 11 is 5.28. The van der Waals surface area contributed by atoms with E-state index in [2.05, 4.69) is 10.1 Å². The second-order valence-corrected chi connectivity index (χ2v) is 6.20. The van der Waals surface area contributed by atoms with E-state index in [0.29, 0.717) is 11.1 Å². The van der Waals surface area contributed by atoms with Gasteiger partial charge < -0.3 is 14.4 Å². The van der Waals surface area contributed by atoms with Gasteiger partial charge in [-0.15, -0.1) is 0 Å². The van der Waals surface area contributed by atoms with Crippen LogP contribution in [0.2, 0.25) is 0 Å². The van der Waals surface area contributed by atoms with Crippen LogP contribution in [0.25, 0.3) is 10.8 Å². The molecule has 0 spiro atoms. The number of hydrogen-bond donors (Lipinski definition) is 2. The van der Waals surface area contributed by atoms with Crippen molar-refractivity contribution in [3.63, 3.8) is 0 Å². The fourth-order valence-corrected chi connectivity index (χ4v) is 2.88. The number of likely N-dealkylation sites (N-methyl/N-ethyl adjacent to an activating group) is 1. The molecule has 0 unspecified atom stereocenters. The molecule has 0 saturated carbocycles. The van der Waals surface area contributed by atoms with Crippen molar-refractivity contribution in [2.45, 2.75) is 6.18 Å². The van der Waals surface area contributed by atoms with Gasteiger partial charge in [0.15, 0.2) is 0 Å². The van der Waals surface area contributed by atoms with Crippen molar-refractivity contribution >= 4 is 39.9 Å². The number of amides is 1. The minimum Gasteiger partial charge on any atom is -0.497 e. The summed E-state index contributed by atoms with van der Waals surface area (Å²) in [6.07, 6.45) is -4.63. The Balaban J connectivity index is 2.48. The minimum atomic E-state index is -4.63. The van der Waals surface area contributed by atoms with Crippen molar-refractivity contribution in [1.82, 2.24) is 10.2 Å². The molecule has 0 aromatic heterocycles. The van der Waals surface area contributed by atoms with Gasteiger partial charge >= 0.3 is 6.18 Å². The second kappa shape index (κ2) is 8.42. The molecule has 0 aliphatic heterocycles. The van der Waals surface area contributed by atoms with Gasteiger partial charge in [0.25, 0.3) is 6.02 Å². The number of rotatable bonds is 4. The molecule has 0 atom stereocenters. The summed E-state index contributed by atoms with van der Waals surface area (Å²) in [4.78, 5) is 13.0. The van der Waals surface area contributed by atoms with E-state index in [1.807, 2.05) is 0 Å². The second-order valence-electron chi connectivity index (χ2n) is 5.82. The van der Waals surface area contributed by atoms with Crippen molar-refractivity contribution in [2.24, 2.45) is 0 Å². The van der Waals surface area contributed by atoms with Crippen LogP contribution in [0.4, 0.5) is 13.2 Å². The van der Waals surface area contributed by atoms with Gasteiger partial charge in [-0.2, -0.15) is 13.2 Å². The lowest BCUT2D eigenvalue weighted by Crippen LogP contribution is -2.41. The predicted octanol–water partition coefficient (Wildman–Crippen LogP) is 3.17. The summed E-state index contributed by atoms with van der Waals surface area (Å²) in [7, 11) is 4.07. The van der Waals surface area contributed by atoms with Gasteiger partial charge in [0, 0.05) is 12.6 Å². The number of alkyl halides is 3. The summed E-state index contributed by atoms with van der Waals surface area (Å²) in [5, 5.41) is 10.2. The van der Waals surface area contributed by atoms with E-state index in [9.17, 15) is 18.0 Å². The lowest BCUT2D eigenvalue weighted by molar-refractivity contribution is -0.137. The number of methoxy groups -OCH3 is 2. The van der Waals surface area contributed by atoms with E-state index in [0.717, 1.165) is 6.07 Å². The molecule has 0 aliphatic carbocycles. The molecule has 10 heteroatoms. The zero-order chi connectivity index (χ0) is 21.1. The number of nitrogens with one attached hydrogen (secondary N) is 2. The number of thiocarbonyl (C=S) groups is 1. The molecular formula is C18H18F3N3O3S. The molecule has 1 amide bonds. The topological polar surface area (TPSA) is 74.7 Å². The van der Waals surface area contributed by atoms with Crippen molar-refractivity contribution in [1.29, 1.82) is 5.41 Å². The standard InChI is InChI=1S/C18H18F3N3O3S/c1-24(9-14(25)23-17(22)27-3)16(28)15-12-6-5-11(26-2)8-10(12)4-7-13(15)18(19,20)21/h4-8H,9H2,1-3H3,(H2,22,23,25). The highest BCUT2D eigenvalue weighted by atomic mass is 32.1. The molecule has 0 aliphatic rings. The Morgan fingerprint density at radius 2 is 1.93 bits per heavy atom. The van der Waals surface area contributed by atoms with Crippen LogP contribution >= 0.6 is 12.2 Å². The molecular weight excluding hydrogens is 395 g/mol. The Bertz CT molecular complexity index is 931. The van der Waals surface area contributed by atoms with Crippen LogP contribution in [0.5, 0.6) is 5.75 Å². The summed E-state index contributed by atoms with van der Waals surface area (Å²) in [5.41, 5.74) is -1.09. The van der Waals surface area contributed by atoms with Gasteiger partial charge in [0.05, 0.1) is 26.3 Å². The van der Waals surface area contributed by atoms with Crippen LogP contribution in [-0.2, 0) is 15.7 Å². The Morgan fingerprint density at radius 1 is 1.25 bits per heavy atom. The number of amidine groups is 1. The number of halogens is 3. The molecule has 0 heterocycles. The van der Waals surface area contributed by atoms with Gasteiger partial charge in [-0.25, -0.2) is 0 Å². The summed E-state index contributed by atoms with van der Waals surface area (Å²) in [6, 6.07) is 6.48. The number of carbonyl (C=O) groups is 1. The quantitative estimate of drug-likeness (QED) is 0.458. The van der Waals surface area contributed by atoms with E-state index in [4.69, 9.17) is 22.4 Å². The lowest BCUT2D eigenvalue weighted by atomic mass is 9.97. The number of hydrogen-bond acceptors (Lipinski definition) is 5. The third-order valence-corrected chi connectivity index (χ3v) is 4.45. The summed E-state index contributed by atoms with van der Waals surface area (Å²) < 4.78 is 50.4. The first-order valence-corrected chi connectivity index (χ1v) is 8.35. The molecule has 0 fully saturated rings. The first-order valence-electron chi connectivity index (χ1n) is 7.94. The van der Waals surface area contributed by atoms with E-state index in [1.165, 1.54) is 38.3 Å². The average Bonchev–Trinajstić information content (AvgIpc) is 2.64. The maximum absolute atomic E-state index is 13.6. The minimum absolute atomic E-state index is 0.151. The zero-order valence-corrected chi connectivity index (χ0v) is 16.1. The summed E-state index contributed by atoms with van der Waals surface area (Å²) in [6.45, 7) is -0.353. The van der Waals surface area contributed by atoms with E-state index < -0.39 is 23.7 Å². The van der Waals surface area contributed by atoms with Crippen molar-refractivity contribution in [3.8, 4) is 5.75 Å². The molecule has 0 bridgehead atoms. The molecule has 6 nitrogen and oxygen atoms in total. The third kappa shape index (κ3) is 4.69. The molecule has 2 aromatic carbocycles. The van der Waals surface area contributed by atoms with Gasteiger partial charge in [-0.1, -0.05) is 18.3 Å². The first-order chi connectivity index (χ1) is 13.1. The molecule has 0 saturated heterocycles. The van der Waals surface area contributed by atoms with Crippen molar-refractivity contribution in [3.05, 3.63) is 41.5 Å². The Hall–Kier alpha value is -2.88. The monoisotopic (exact) mass is 413 g/mol. The fraction of sp³-hybridized carbons (Fsp3) is 0.278. The normalized spacial score (nSPS) is 11.1. The van der Waals surface area contributed by atoms with E-state index in [1.54, 1.807) is 12.1 Å². The van der Waals surface area contributed by atoms with Gasteiger partial charge in [0.1, 0.15) is 10.7 Å². The van der Waals surface area contributed by atoms with Crippen LogP contribution in [0.3, 0.4) is 0 Å². The van der Waals surface area contributed by atoms with Crippen LogP contribution in [-0.4, -0.2) is 49.6 Å². The largest absolute Gasteiger partial charge is 0.497 e. The summed E-state index contributed by atoms with van der Waals surface area (Å²) in [5.74, 6) is -0.151. The Morgan fingerprint density at radius 3 is 2.50 bits per heavy atom. The Kier molecular flexibility index (Phi) is 6.45. The van der Waals surface area contributed by atoms with Gasteiger partial charge in [-0.3, -0.25) is 15.5 Å². The smallest absolute Gasteiger partial charge is 0.417 e. The average molecular weight is 413 g/mol. The van der Waals surface area contributed by atoms with Crippen molar-refractivity contribution < 1.29 is 27.4 Å². The molecule has 28 heavy (non-hydrogen) atoms. The van der Waals surface area contributed by atoms with E-state index >= 15 is 0 Å². The molecule has 2 aromatic rings. The van der Waals surface area contributed by atoms with Gasteiger partial charge in [0.2, 0.25) is 5.91 Å². The predicted molar refractivity (Wildman–Crippen MR) is 103 cm³/mol. The molecule has 150 valence electrons. The number of carbonyl (C=O) groups excluding carboxylic acids is 1. The SMILES string of the molecule is COC(=N)NC(=O)CN(C)C(=S)c1c(C(F)(F)F)ccc2cc(OC)ccc12. The highest BCUT2D eigenvalue weighted by Gasteiger charge is 2.36. The lowest BCUT2D eigenvalue weighted by Gasteiger charge is -2.23. The molecule has 0 radical (unpaired) electrons. The van der Waals surface area contributed by atoms with Crippen LogP contribution in [0, 0.1) is 5.41 Å². The maximum Gasteiger partial charge on any atom is 0.417 e. The van der Waals surface area contributed by atoms with Crippen LogP contribution in [0.1, 0.15) is 11.1 Å². The van der Waals surface area contributed by atoms with Crippen molar-refractivity contribution in [2.75, 3.05) is 27.8 Å². The van der Waals surface area contributed by atoms with Crippen LogP contribution in [0.15, 0.2) is 30.3 Å². The first kappa shape index (κ1) is 21.4. The molecule has 2 N–H and O–H groups in total. The number of benzene rings is 2. The Labute approximate surface area is 164 Å². The molecule has 2 rings (SSSR count). The van der Waals surface area contributed by atoms with E-state index in [-0.39, 0.29) is 22.5 Å².